The molecule has 0 saturated heterocycles. The summed E-state index contributed by atoms with van der Waals surface area (Å²) in [4.78, 5) is 0. The van der Waals surface area contributed by atoms with Crippen LogP contribution in [0, 0.1) is 5.92 Å². The second-order valence-electron chi connectivity index (χ2n) is 3.54. The Labute approximate surface area is 68.4 Å². The maximum absolute atomic E-state index is 13.2. The van der Waals surface area contributed by atoms with E-state index in [2.05, 4.69) is 12.2 Å². The van der Waals surface area contributed by atoms with Crippen LogP contribution in [0.1, 0.15) is 32.6 Å². The molecule has 0 spiro atoms. The van der Waals surface area contributed by atoms with Crippen LogP contribution in [0.2, 0.25) is 0 Å². The first-order valence-electron chi connectivity index (χ1n) is 4.57. The first-order chi connectivity index (χ1) is 5.25. The third-order valence-electron chi connectivity index (χ3n) is 2.83. The van der Waals surface area contributed by atoms with E-state index in [1.807, 2.05) is 7.05 Å². The summed E-state index contributed by atoms with van der Waals surface area (Å²) in [6.07, 6.45) is 3.55. The first kappa shape index (κ1) is 8.98. The maximum Gasteiger partial charge on any atom is 0.104 e. The highest BCUT2D eigenvalue weighted by Crippen LogP contribution is 2.29. The molecule has 0 bridgehead atoms. The number of nitrogens with one attached hydrogen (secondary N) is 1. The lowest BCUT2D eigenvalue weighted by molar-refractivity contribution is 0.137. The van der Waals surface area contributed by atoms with Crippen molar-refractivity contribution in [2.45, 2.75) is 44.8 Å². The number of alkyl halides is 1. The minimum atomic E-state index is -0.564. The van der Waals surface area contributed by atoms with Gasteiger partial charge in [0.25, 0.3) is 0 Å². The van der Waals surface area contributed by atoms with Crippen LogP contribution in [0.5, 0.6) is 0 Å². The van der Waals surface area contributed by atoms with Gasteiger partial charge in [0.2, 0.25) is 0 Å². The third kappa shape index (κ3) is 2.16. The second kappa shape index (κ2) is 4.05. The summed E-state index contributed by atoms with van der Waals surface area (Å²) >= 11 is 0. The Morgan fingerprint density at radius 3 is 2.55 bits per heavy atom. The quantitative estimate of drug-likeness (QED) is 0.650. The van der Waals surface area contributed by atoms with Crippen LogP contribution in [0.25, 0.3) is 0 Å². The molecule has 1 rings (SSSR count). The molecule has 0 radical (unpaired) electrons. The van der Waals surface area contributed by atoms with Gasteiger partial charge in [-0.2, -0.15) is 0 Å². The average Bonchev–Trinajstić information content (AvgIpc) is 2.04. The van der Waals surface area contributed by atoms with E-state index in [-0.39, 0.29) is 5.92 Å². The van der Waals surface area contributed by atoms with Gasteiger partial charge in [-0.25, -0.2) is 4.39 Å². The van der Waals surface area contributed by atoms with Gasteiger partial charge in [-0.05, 0) is 26.8 Å². The van der Waals surface area contributed by atoms with Crippen molar-refractivity contribution in [2.24, 2.45) is 5.92 Å². The van der Waals surface area contributed by atoms with Gasteiger partial charge < -0.3 is 5.32 Å². The predicted molar refractivity (Wildman–Crippen MR) is 45.4 cm³/mol. The smallest absolute Gasteiger partial charge is 0.104 e. The lowest BCUT2D eigenvalue weighted by Crippen LogP contribution is -2.37. The molecule has 0 aliphatic heterocycles. The summed E-state index contributed by atoms with van der Waals surface area (Å²) in [5.74, 6) is 0.258. The highest BCUT2D eigenvalue weighted by Gasteiger charge is 2.28. The minimum Gasteiger partial charge on any atom is -0.317 e. The van der Waals surface area contributed by atoms with Gasteiger partial charge in [0, 0.05) is 12.0 Å². The van der Waals surface area contributed by atoms with E-state index in [9.17, 15) is 4.39 Å². The maximum atomic E-state index is 13.2. The number of hydrogen-bond acceptors (Lipinski definition) is 1. The summed E-state index contributed by atoms with van der Waals surface area (Å²) in [7, 11) is 1.91. The Bertz CT molecular complexity index is 112. The van der Waals surface area contributed by atoms with Gasteiger partial charge in [0.1, 0.15) is 6.17 Å². The van der Waals surface area contributed by atoms with Crippen LogP contribution in [-0.4, -0.2) is 19.3 Å². The lowest BCUT2D eigenvalue weighted by Gasteiger charge is -2.30. The van der Waals surface area contributed by atoms with Crippen molar-refractivity contribution in [1.82, 2.24) is 5.32 Å². The molecule has 3 atom stereocenters. The van der Waals surface area contributed by atoms with Gasteiger partial charge in [0.05, 0.1) is 0 Å². The minimum absolute atomic E-state index is 0.258. The highest BCUT2D eigenvalue weighted by atomic mass is 19.1. The zero-order valence-corrected chi connectivity index (χ0v) is 7.44. The largest absolute Gasteiger partial charge is 0.317 e. The monoisotopic (exact) mass is 159 g/mol. The molecule has 1 saturated carbocycles. The van der Waals surface area contributed by atoms with Gasteiger partial charge in [-0.15, -0.1) is 0 Å². The number of halogens is 1. The van der Waals surface area contributed by atoms with Crippen LogP contribution in [0.15, 0.2) is 0 Å². The molecule has 0 aromatic heterocycles. The fourth-order valence-electron chi connectivity index (χ4n) is 1.89. The first-order valence-corrected chi connectivity index (χ1v) is 4.57. The standard InChI is InChI=1S/C9H18FN/c1-7(11-2)8-5-3-4-6-9(8)10/h7-9,11H,3-6H2,1-2H3. The van der Waals surface area contributed by atoms with E-state index in [1.165, 1.54) is 6.42 Å². The van der Waals surface area contributed by atoms with Crippen molar-refractivity contribution in [1.29, 1.82) is 0 Å². The Kier molecular flexibility index (Phi) is 3.31. The molecule has 1 aliphatic rings. The van der Waals surface area contributed by atoms with E-state index in [0.29, 0.717) is 6.04 Å². The lowest BCUT2D eigenvalue weighted by atomic mass is 9.83. The summed E-state index contributed by atoms with van der Waals surface area (Å²) in [6.45, 7) is 2.07. The fourth-order valence-corrected chi connectivity index (χ4v) is 1.89. The fraction of sp³-hybridized carbons (Fsp3) is 1.00. The topological polar surface area (TPSA) is 12.0 Å². The van der Waals surface area contributed by atoms with Crippen LogP contribution < -0.4 is 5.32 Å². The predicted octanol–water partition coefficient (Wildman–Crippen LogP) is 2.12. The zero-order chi connectivity index (χ0) is 8.27. The molecule has 0 aromatic carbocycles. The van der Waals surface area contributed by atoms with Gasteiger partial charge >= 0.3 is 0 Å². The van der Waals surface area contributed by atoms with E-state index in [1.54, 1.807) is 0 Å². The highest BCUT2D eigenvalue weighted by molar-refractivity contribution is 4.81. The molecule has 0 heterocycles. The van der Waals surface area contributed by atoms with Crippen molar-refractivity contribution in [3.63, 3.8) is 0 Å². The molecular weight excluding hydrogens is 141 g/mol. The number of rotatable bonds is 2. The molecule has 11 heavy (non-hydrogen) atoms. The molecule has 0 aromatic rings. The van der Waals surface area contributed by atoms with E-state index >= 15 is 0 Å². The Balaban J connectivity index is 2.40. The van der Waals surface area contributed by atoms with Crippen molar-refractivity contribution in [3.05, 3.63) is 0 Å². The van der Waals surface area contributed by atoms with Crippen LogP contribution in [-0.2, 0) is 0 Å². The van der Waals surface area contributed by atoms with Crippen molar-refractivity contribution in [3.8, 4) is 0 Å². The Morgan fingerprint density at radius 2 is 2.00 bits per heavy atom. The molecule has 1 nitrogen and oxygen atoms in total. The summed E-state index contributed by atoms with van der Waals surface area (Å²) in [6, 6.07) is 0.338. The van der Waals surface area contributed by atoms with E-state index < -0.39 is 6.17 Å². The van der Waals surface area contributed by atoms with Gasteiger partial charge in [-0.1, -0.05) is 12.8 Å². The average molecular weight is 159 g/mol. The molecular formula is C9H18FN. The second-order valence-corrected chi connectivity index (χ2v) is 3.54. The van der Waals surface area contributed by atoms with Crippen molar-refractivity contribution < 1.29 is 4.39 Å². The van der Waals surface area contributed by atoms with Crippen LogP contribution in [0.4, 0.5) is 4.39 Å². The summed E-state index contributed by atoms with van der Waals surface area (Å²) in [5.41, 5.74) is 0. The molecule has 66 valence electrons. The van der Waals surface area contributed by atoms with Crippen molar-refractivity contribution >= 4 is 0 Å². The molecule has 1 fully saturated rings. The van der Waals surface area contributed by atoms with Gasteiger partial charge in [-0.3, -0.25) is 0 Å². The molecule has 1 aliphatic carbocycles. The summed E-state index contributed by atoms with van der Waals surface area (Å²) in [5, 5.41) is 3.13. The van der Waals surface area contributed by atoms with Crippen molar-refractivity contribution in [2.75, 3.05) is 7.05 Å². The molecule has 3 unspecified atom stereocenters. The Hall–Kier alpha value is -0.110. The molecule has 1 N–H and O–H groups in total. The molecule has 0 amide bonds. The zero-order valence-electron chi connectivity index (χ0n) is 7.44. The van der Waals surface area contributed by atoms with E-state index in [4.69, 9.17) is 0 Å². The third-order valence-corrected chi connectivity index (χ3v) is 2.83. The molecule has 2 heteroatoms. The number of hydrogen-bond donors (Lipinski definition) is 1. The Morgan fingerprint density at radius 1 is 1.36 bits per heavy atom. The van der Waals surface area contributed by atoms with Crippen LogP contribution in [0.3, 0.4) is 0 Å². The van der Waals surface area contributed by atoms with Gasteiger partial charge in [0.15, 0.2) is 0 Å². The SMILES string of the molecule is CNC(C)C1CCCCC1F. The normalized spacial score (nSPS) is 35.2. The summed E-state index contributed by atoms with van der Waals surface area (Å²) < 4.78 is 13.2. The van der Waals surface area contributed by atoms with E-state index in [0.717, 1.165) is 19.3 Å². The van der Waals surface area contributed by atoms with Crippen LogP contribution >= 0.6 is 0 Å².